The lowest BCUT2D eigenvalue weighted by Crippen LogP contribution is -2.36. The van der Waals surface area contributed by atoms with Crippen molar-refractivity contribution in [3.63, 3.8) is 0 Å². The van der Waals surface area contributed by atoms with Gasteiger partial charge in [-0.1, -0.05) is 12.1 Å². The number of aromatic nitrogens is 2. The van der Waals surface area contributed by atoms with Gasteiger partial charge in [0, 0.05) is 18.5 Å². The van der Waals surface area contributed by atoms with Crippen LogP contribution in [0.5, 0.6) is 0 Å². The number of rotatable bonds is 7. The number of thioether (sulfide) groups is 1. The Balaban J connectivity index is 1.46. The first-order chi connectivity index (χ1) is 14.2. The average Bonchev–Trinajstić information content (AvgIpc) is 2.94. The molecule has 0 atom stereocenters. The molecule has 0 spiro atoms. The van der Waals surface area contributed by atoms with E-state index in [-0.39, 0.29) is 29.3 Å². The molecule has 7 nitrogen and oxygen atoms in total. The number of carbonyl (C=O) groups is 2. The summed E-state index contributed by atoms with van der Waals surface area (Å²) in [7, 11) is 0. The molecular formula is C18H16F3N5O2S2. The fourth-order valence-corrected chi connectivity index (χ4v) is 3.60. The van der Waals surface area contributed by atoms with Crippen molar-refractivity contribution in [1.29, 1.82) is 0 Å². The van der Waals surface area contributed by atoms with Crippen LogP contribution in [0, 0.1) is 0 Å². The fraction of sp³-hybridized carbons (Fsp3) is 0.278. The van der Waals surface area contributed by atoms with E-state index in [1.165, 1.54) is 28.9 Å². The molecule has 2 amide bonds. The van der Waals surface area contributed by atoms with E-state index in [1.807, 2.05) is 0 Å². The molecule has 30 heavy (non-hydrogen) atoms. The van der Waals surface area contributed by atoms with Crippen LogP contribution in [0.15, 0.2) is 36.5 Å². The van der Waals surface area contributed by atoms with E-state index in [4.69, 9.17) is 12.2 Å². The van der Waals surface area contributed by atoms with Crippen molar-refractivity contribution in [1.82, 2.24) is 20.2 Å². The van der Waals surface area contributed by atoms with Crippen molar-refractivity contribution in [2.24, 2.45) is 0 Å². The summed E-state index contributed by atoms with van der Waals surface area (Å²) in [6.07, 6.45) is -2.92. The first-order valence-corrected chi connectivity index (χ1v) is 10.3. The maximum Gasteiger partial charge on any atom is 0.405 e. The number of hydrogen-bond donors (Lipinski definition) is 2. The van der Waals surface area contributed by atoms with Crippen molar-refractivity contribution in [3.05, 3.63) is 53.5 Å². The number of imide groups is 1. The van der Waals surface area contributed by atoms with E-state index >= 15 is 0 Å². The summed E-state index contributed by atoms with van der Waals surface area (Å²) >= 11 is 6.23. The lowest BCUT2D eigenvalue weighted by atomic mass is 10.1. The topological polar surface area (TPSA) is 87.2 Å². The van der Waals surface area contributed by atoms with Crippen molar-refractivity contribution in [2.45, 2.75) is 11.9 Å². The van der Waals surface area contributed by atoms with Crippen molar-refractivity contribution in [3.8, 4) is 0 Å². The molecule has 1 aliphatic heterocycles. The molecule has 2 heterocycles. The van der Waals surface area contributed by atoms with Gasteiger partial charge in [0.05, 0.1) is 16.9 Å². The quantitative estimate of drug-likeness (QED) is 0.375. The zero-order chi connectivity index (χ0) is 21.7. The standard InChI is InChI=1S/C18H16F3N5O2S2/c19-18(20,21)10-23-17(29)25-13-5-6-22-14(24-13)9-30-8-7-26-15(27)11-3-1-2-4-12(11)16(26)28/h1-6H,7-10H2,(H2,22,23,24,25,29). The summed E-state index contributed by atoms with van der Waals surface area (Å²) in [5, 5.41) is 4.43. The number of nitrogens with zero attached hydrogens (tertiary/aromatic N) is 3. The van der Waals surface area contributed by atoms with E-state index in [0.29, 0.717) is 28.5 Å². The number of amides is 2. The molecule has 12 heteroatoms. The second-order valence-electron chi connectivity index (χ2n) is 6.14. The monoisotopic (exact) mass is 455 g/mol. The molecule has 2 N–H and O–H groups in total. The van der Waals surface area contributed by atoms with Crippen LogP contribution in [0.2, 0.25) is 0 Å². The van der Waals surface area contributed by atoms with Gasteiger partial charge in [-0.15, -0.1) is 0 Å². The van der Waals surface area contributed by atoms with Gasteiger partial charge in [0.1, 0.15) is 18.2 Å². The van der Waals surface area contributed by atoms with Gasteiger partial charge in [-0.25, -0.2) is 9.97 Å². The van der Waals surface area contributed by atoms with Gasteiger partial charge in [0.2, 0.25) is 0 Å². The van der Waals surface area contributed by atoms with Gasteiger partial charge in [0.15, 0.2) is 5.11 Å². The smallest absolute Gasteiger partial charge is 0.353 e. The Kier molecular flexibility index (Phi) is 6.87. The highest BCUT2D eigenvalue weighted by Gasteiger charge is 2.34. The summed E-state index contributed by atoms with van der Waals surface area (Å²) in [5.74, 6) is 0.961. The number of hydrogen-bond acceptors (Lipinski definition) is 6. The Morgan fingerprint density at radius 1 is 1.13 bits per heavy atom. The van der Waals surface area contributed by atoms with E-state index in [2.05, 4.69) is 20.6 Å². The number of carbonyl (C=O) groups excluding carboxylic acids is 2. The lowest BCUT2D eigenvalue weighted by Gasteiger charge is -2.13. The SMILES string of the molecule is O=C1c2ccccc2C(=O)N1CCSCc1nccc(NC(=S)NCC(F)(F)F)n1. The van der Waals surface area contributed by atoms with E-state index in [9.17, 15) is 22.8 Å². The number of halogens is 3. The molecule has 0 aliphatic carbocycles. The van der Waals surface area contributed by atoms with E-state index < -0.39 is 12.7 Å². The predicted molar refractivity (Wildman–Crippen MR) is 110 cm³/mol. The normalized spacial score (nSPS) is 13.4. The third-order valence-electron chi connectivity index (χ3n) is 3.97. The highest BCUT2D eigenvalue weighted by atomic mass is 32.2. The number of fused-ring (bicyclic) bond motifs is 1. The first kappa shape index (κ1) is 22.0. The maximum absolute atomic E-state index is 12.3. The van der Waals surface area contributed by atoms with Crippen molar-refractivity contribution in [2.75, 3.05) is 24.2 Å². The van der Waals surface area contributed by atoms with Gasteiger partial charge in [-0.2, -0.15) is 24.9 Å². The molecule has 1 aromatic carbocycles. The fourth-order valence-electron chi connectivity index (χ4n) is 2.64. The summed E-state index contributed by atoms with van der Waals surface area (Å²) in [5.41, 5.74) is 0.814. The number of anilines is 1. The summed E-state index contributed by atoms with van der Waals surface area (Å²) < 4.78 is 36.6. The lowest BCUT2D eigenvalue weighted by molar-refractivity contribution is -0.121. The number of nitrogens with one attached hydrogen (secondary N) is 2. The number of thiocarbonyl (C=S) groups is 1. The number of benzene rings is 1. The van der Waals surface area contributed by atoms with Gasteiger partial charge < -0.3 is 10.6 Å². The molecule has 0 saturated heterocycles. The van der Waals surface area contributed by atoms with Crippen LogP contribution in [0.3, 0.4) is 0 Å². The minimum atomic E-state index is -4.38. The Labute approximate surface area is 179 Å². The molecular weight excluding hydrogens is 439 g/mol. The molecule has 158 valence electrons. The highest BCUT2D eigenvalue weighted by molar-refractivity contribution is 7.98. The average molecular weight is 455 g/mol. The predicted octanol–water partition coefficient (Wildman–Crippen LogP) is 2.85. The van der Waals surface area contributed by atoms with Crippen molar-refractivity contribution < 1.29 is 22.8 Å². The third-order valence-corrected chi connectivity index (χ3v) is 5.15. The third kappa shape index (κ3) is 5.66. The Morgan fingerprint density at radius 3 is 2.43 bits per heavy atom. The molecule has 2 aromatic rings. The van der Waals surface area contributed by atoms with Crippen LogP contribution < -0.4 is 10.6 Å². The highest BCUT2D eigenvalue weighted by Crippen LogP contribution is 2.23. The molecule has 0 unspecified atom stereocenters. The second-order valence-corrected chi connectivity index (χ2v) is 7.65. The van der Waals surface area contributed by atoms with Crippen LogP contribution in [0.1, 0.15) is 26.5 Å². The second kappa shape index (κ2) is 9.39. The maximum atomic E-state index is 12.3. The van der Waals surface area contributed by atoms with Gasteiger partial charge >= 0.3 is 6.18 Å². The molecule has 1 aromatic heterocycles. The van der Waals surface area contributed by atoms with Gasteiger partial charge in [-0.05, 0) is 30.4 Å². The molecule has 0 bridgehead atoms. The molecule has 3 rings (SSSR count). The molecule has 1 aliphatic rings. The molecule has 0 fully saturated rings. The first-order valence-electron chi connectivity index (χ1n) is 8.71. The summed E-state index contributed by atoms with van der Waals surface area (Å²) in [6, 6.07) is 8.16. The zero-order valence-corrected chi connectivity index (χ0v) is 17.0. The van der Waals surface area contributed by atoms with Crippen LogP contribution in [0.4, 0.5) is 19.0 Å². The zero-order valence-electron chi connectivity index (χ0n) is 15.4. The van der Waals surface area contributed by atoms with Crippen LogP contribution in [-0.4, -0.2) is 56.8 Å². The van der Waals surface area contributed by atoms with E-state index in [0.717, 1.165) is 0 Å². The molecule has 0 radical (unpaired) electrons. The summed E-state index contributed by atoms with van der Waals surface area (Å²) in [4.78, 5) is 34.1. The van der Waals surface area contributed by atoms with Crippen LogP contribution >= 0.6 is 24.0 Å². The Hall–Kier alpha value is -2.73. The Bertz CT molecular complexity index is 936. The Morgan fingerprint density at radius 2 is 1.80 bits per heavy atom. The van der Waals surface area contributed by atoms with Crippen molar-refractivity contribution >= 4 is 46.7 Å². The van der Waals surface area contributed by atoms with Gasteiger partial charge in [0.25, 0.3) is 11.8 Å². The number of alkyl halides is 3. The van der Waals surface area contributed by atoms with Crippen LogP contribution in [0.25, 0.3) is 0 Å². The summed E-state index contributed by atoms with van der Waals surface area (Å²) in [6.45, 7) is -0.995. The minimum Gasteiger partial charge on any atom is -0.353 e. The van der Waals surface area contributed by atoms with E-state index in [1.54, 1.807) is 24.3 Å². The largest absolute Gasteiger partial charge is 0.405 e. The molecule has 0 saturated carbocycles. The van der Waals surface area contributed by atoms with Gasteiger partial charge in [-0.3, -0.25) is 14.5 Å². The van der Waals surface area contributed by atoms with Crippen LogP contribution in [-0.2, 0) is 5.75 Å². The minimum absolute atomic E-state index is 0.199.